The third-order valence-electron chi connectivity index (χ3n) is 6.45. The van der Waals surface area contributed by atoms with Crippen LogP contribution in [0.4, 0.5) is 4.79 Å². The van der Waals surface area contributed by atoms with Crippen molar-refractivity contribution in [2.45, 2.75) is 78.0 Å². The summed E-state index contributed by atoms with van der Waals surface area (Å²) in [6, 6.07) is 0.195. The normalized spacial score (nSPS) is 36.0. The Morgan fingerprint density at radius 3 is 2.58 bits per heavy atom. The molecule has 1 N–H and O–H groups in total. The van der Waals surface area contributed by atoms with Gasteiger partial charge in [0.25, 0.3) is 0 Å². The lowest BCUT2D eigenvalue weighted by Gasteiger charge is -2.62. The lowest BCUT2D eigenvalue weighted by molar-refractivity contribution is -0.113. The van der Waals surface area contributed by atoms with Gasteiger partial charge in [0.2, 0.25) is 0 Å². The summed E-state index contributed by atoms with van der Waals surface area (Å²) in [4.78, 5) is 12.4. The first-order valence-corrected chi connectivity index (χ1v) is 10.0. The summed E-state index contributed by atoms with van der Waals surface area (Å²) in [6.07, 6.45) is 8.67. The van der Waals surface area contributed by atoms with Gasteiger partial charge in [0.15, 0.2) is 0 Å². The predicted molar refractivity (Wildman–Crippen MR) is 101 cm³/mol. The standard InChI is InChI=1S/C21H35NO4/c1-20(2,3)26-19(23)22-18-14(10-15-11-17(18)21(15,4)5)8-6-7-9-16-12-24-13-25-16/h6-7,14-18H,8-13H2,1-5H3,(H,22,23)/t14-,15-,16?,17-,18+/m0/s1. The van der Waals surface area contributed by atoms with Crippen LogP contribution in [0.5, 0.6) is 0 Å². The van der Waals surface area contributed by atoms with Crippen molar-refractivity contribution in [2.24, 2.45) is 23.2 Å². The third kappa shape index (κ3) is 4.42. The van der Waals surface area contributed by atoms with Gasteiger partial charge in [0.1, 0.15) is 12.4 Å². The minimum absolute atomic E-state index is 0.195. The van der Waals surface area contributed by atoms with E-state index in [9.17, 15) is 4.79 Å². The van der Waals surface area contributed by atoms with Gasteiger partial charge in [-0.1, -0.05) is 26.0 Å². The van der Waals surface area contributed by atoms with Crippen molar-refractivity contribution in [3.63, 3.8) is 0 Å². The van der Waals surface area contributed by atoms with Gasteiger partial charge < -0.3 is 19.5 Å². The maximum atomic E-state index is 12.4. The van der Waals surface area contributed by atoms with E-state index in [0.717, 1.165) is 18.8 Å². The van der Waals surface area contributed by atoms with Crippen LogP contribution in [-0.2, 0) is 14.2 Å². The van der Waals surface area contributed by atoms with Crippen LogP contribution in [0.1, 0.15) is 60.3 Å². The molecule has 4 fully saturated rings. The average Bonchev–Trinajstić information content (AvgIpc) is 3.03. The first-order valence-electron chi connectivity index (χ1n) is 10.0. The highest BCUT2D eigenvalue weighted by Crippen LogP contribution is 2.61. The summed E-state index contributed by atoms with van der Waals surface area (Å²) in [7, 11) is 0. The molecule has 0 aromatic rings. The Balaban J connectivity index is 1.57. The van der Waals surface area contributed by atoms with Crippen LogP contribution >= 0.6 is 0 Å². The van der Waals surface area contributed by atoms with Gasteiger partial charge in [0, 0.05) is 6.04 Å². The summed E-state index contributed by atoms with van der Waals surface area (Å²) in [5.74, 6) is 1.80. The van der Waals surface area contributed by atoms with Gasteiger partial charge in [0.05, 0.1) is 12.7 Å². The number of fused-ring (bicyclic) bond motifs is 2. The Morgan fingerprint density at radius 1 is 1.23 bits per heavy atom. The molecule has 148 valence electrons. The maximum Gasteiger partial charge on any atom is 0.407 e. The van der Waals surface area contributed by atoms with Gasteiger partial charge in [-0.2, -0.15) is 0 Å². The highest BCUT2D eigenvalue weighted by Gasteiger charge is 2.57. The van der Waals surface area contributed by atoms with Crippen molar-refractivity contribution in [3.8, 4) is 0 Å². The third-order valence-corrected chi connectivity index (χ3v) is 6.45. The second-order valence-electron chi connectivity index (χ2n) is 9.75. The summed E-state index contributed by atoms with van der Waals surface area (Å²) >= 11 is 0. The van der Waals surface area contributed by atoms with Crippen molar-refractivity contribution in [2.75, 3.05) is 13.4 Å². The SMILES string of the molecule is CC(C)(C)OC(=O)N[C@@H]1[C@@H](CC=CCC2COCO2)C[C@H]2C[C@@H]1C2(C)C. The van der Waals surface area contributed by atoms with E-state index in [4.69, 9.17) is 14.2 Å². The first-order chi connectivity index (χ1) is 12.2. The van der Waals surface area contributed by atoms with E-state index < -0.39 is 5.60 Å². The molecule has 3 saturated carbocycles. The fourth-order valence-electron chi connectivity index (χ4n) is 4.84. The summed E-state index contributed by atoms with van der Waals surface area (Å²) in [6.45, 7) is 11.5. The van der Waals surface area contributed by atoms with Crippen LogP contribution in [0.3, 0.4) is 0 Å². The first kappa shape index (κ1) is 19.7. The number of allylic oxidation sites excluding steroid dienone is 1. The summed E-state index contributed by atoms with van der Waals surface area (Å²) in [5, 5.41) is 3.21. The second kappa shape index (κ2) is 7.51. The largest absolute Gasteiger partial charge is 0.444 e. The number of nitrogens with one attached hydrogen (secondary N) is 1. The minimum atomic E-state index is -0.463. The number of alkyl carbamates (subject to hydrolysis) is 1. The molecule has 4 rings (SSSR count). The van der Waals surface area contributed by atoms with E-state index in [0.29, 0.717) is 30.7 Å². The van der Waals surface area contributed by atoms with Gasteiger partial charge in [-0.05, 0) is 69.6 Å². The quantitative estimate of drug-likeness (QED) is 0.739. The smallest absolute Gasteiger partial charge is 0.407 e. The van der Waals surface area contributed by atoms with Gasteiger partial charge in [-0.15, -0.1) is 0 Å². The number of amides is 1. The molecule has 5 atom stereocenters. The molecular weight excluding hydrogens is 330 g/mol. The molecule has 26 heavy (non-hydrogen) atoms. The molecule has 2 bridgehead atoms. The number of carbonyl (C=O) groups excluding carboxylic acids is 1. The van der Waals surface area contributed by atoms with Crippen LogP contribution in [0.2, 0.25) is 0 Å². The highest BCUT2D eigenvalue weighted by molar-refractivity contribution is 5.68. The lowest BCUT2D eigenvalue weighted by Crippen LogP contribution is -2.63. The fraction of sp³-hybridized carbons (Fsp3) is 0.857. The number of hydrogen-bond acceptors (Lipinski definition) is 4. The van der Waals surface area contributed by atoms with Gasteiger partial charge >= 0.3 is 6.09 Å². The number of carbonyl (C=O) groups is 1. The molecule has 0 spiro atoms. The van der Waals surface area contributed by atoms with E-state index in [2.05, 4.69) is 31.3 Å². The van der Waals surface area contributed by atoms with E-state index in [1.165, 1.54) is 12.8 Å². The molecule has 0 radical (unpaired) electrons. The zero-order valence-corrected chi connectivity index (χ0v) is 16.9. The Morgan fingerprint density at radius 2 is 1.96 bits per heavy atom. The molecule has 1 unspecified atom stereocenters. The summed E-state index contributed by atoms with van der Waals surface area (Å²) in [5.41, 5.74) is -0.149. The molecule has 0 aromatic carbocycles. The molecule has 1 heterocycles. The molecule has 4 aliphatic rings. The molecular formula is C21H35NO4. The molecule has 1 aliphatic heterocycles. The number of hydrogen-bond donors (Lipinski definition) is 1. The molecule has 1 amide bonds. The molecule has 0 aromatic heterocycles. The Hall–Kier alpha value is -1.07. The van der Waals surface area contributed by atoms with Crippen LogP contribution in [0.25, 0.3) is 0 Å². The number of ether oxygens (including phenoxy) is 3. The monoisotopic (exact) mass is 365 g/mol. The zero-order valence-electron chi connectivity index (χ0n) is 16.9. The van der Waals surface area contributed by atoms with E-state index in [1.54, 1.807) is 0 Å². The molecule has 5 nitrogen and oxygen atoms in total. The lowest BCUT2D eigenvalue weighted by atomic mass is 9.44. The maximum absolute atomic E-state index is 12.4. The van der Waals surface area contributed by atoms with Gasteiger partial charge in [-0.3, -0.25) is 0 Å². The van der Waals surface area contributed by atoms with E-state index >= 15 is 0 Å². The van der Waals surface area contributed by atoms with Crippen molar-refractivity contribution >= 4 is 6.09 Å². The Bertz CT molecular complexity index is 531. The molecule has 1 saturated heterocycles. The Kier molecular flexibility index (Phi) is 5.69. The Labute approximate surface area is 157 Å². The fourth-order valence-corrected chi connectivity index (χ4v) is 4.84. The van der Waals surface area contributed by atoms with Crippen molar-refractivity contribution < 1.29 is 19.0 Å². The zero-order chi connectivity index (χ0) is 18.9. The topological polar surface area (TPSA) is 56.8 Å². The molecule has 3 aliphatic carbocycles. The van der Waals surface area contributed by atoms with Crippen molar-refractivity contribution in [3.05, 3.63) is 12.2 Å². The number of rotatable bonds is 5. The van der Waals surface area contributed by atoms with Crippen LogP contribution < -0.4 is 5.32 Å². The van der Waals surface area contributed by atoms with Crippen molar-refractivity contribution in [1.82, 2.24) is 5.32 Å². The van der Waals surface area contributed by atoms with Crippen molar-refractivity contribution in [1.29, 1.82) is 0 Å². The average molecular weight is 366 g/mol. The van der Waals surface area contributed by atoms with E-state index in [1.807, 2.05) is 20.8 Å². The van der Waals surface area contributed by atoms with Crippen LogP contribution in [-0.4, -0.2) is 37.2 Å². The molecule has 5 heteroatoms. The predicted octanol–water partition coefficient (Wildman–Crippen LogP) is 4.27. The highest BCUT2D eigenvalue weighted by atomic mass is 16.7. The second-order valence-corrected chi connectivity index (χ2v) is 9.75. The minimum Gasteiger partial charge on any atom is -0.444 e. The van der Waals surface area contributed by atoms with Gasteiger partial charge in [-0.25, -0.2) is 4.79 Å². The van der Waals surface area contributed by atoms with E-state index in [-0.39, 0.29) is 18.2 Å². The van der Waals surface area contributed by atoms with Crippen LogP contribution in [0, 0.1) is 23.2 Å². The van der Waals surface area contributed by atoms with Crippen LogP contribution in [0.15, 0.2) is 12.2 Å². The summed E-state index contributed by atoms with van der Waals surface area (Å²) < 4.78 is 16.2.